The van der Waals surface area contributed by atoms with Crippen LogP contribution in [-0.4, -0.2) is 67.1 Å². The van der Waals surface area contributed by atoms with Gasteiger partial charge in [-0.3, -0.25) is 9.10 Å². The van der Waals surface area contributed by atoms with Gasteiger partial charge in [0, 0.05) is 14.1 Å². The molecular weight excluding hydrogens is 454 g/mol. The number of amides is 1. The summed E-state index contributed by atoms with van der Waals surface area (Å²) in [5, 5.41) is 2.64. The monoisotopic (exact) mass is 483 g/mol. The molecule has 0 bridgehead atoms. The van der Waals surface area contributed by atoms with E-state index in [-0.39, 0.29) is 24.6 Å². The lowest BCUT2D eigenvalue weighted by atomic mass is 10.1. The number of para-hydroxylation sites is 1. The number of rotatable bonds is 10. The molecule has 0 fully saturated rings. The third-order valence-corrected chi connectivity index (χ3v) is 7.61. The van der Waals surface area contributed by atoms with Crippen molar-refractivity contribution in [1.29, 1.82) is 0 Å². The van der Waals surface area contributed by atoms with Gasteiger partial charge >= 0.3 is 0 Å². The fourth-order valence-corrected chi connectivity index (χ4v) is 4.90. The Labute approximate surface area is 190 Å². The highest BCUT2D eigenvalue weighted by molar-refractivity contribution is 7.92. The van der Waals surface area contributed by atoms with Crippen molar-refractivity contribution in [3.63, 3.8) is 0 Å². The number of hydrogen-bond donors (Lipinski definition) is 1. The molecule has 1 amide bonds. The molecule has 11 heteroatoms. The lowest BCUT2D eigenvalue weighted by Crippen LogP contribution is -2.42. The van der Waals surface area contributed by atoms with Gasteiger partial charge in [-0.1, -0.05) is 18.2 Å². The van der Waals surface area contributed by atoms with Crippen molar-refractivity contribution in [2.24, 2.45) is 0 Å². The van der Waals surface area contributed by atoms with Crippen LogP contribution in [0, 0.1) is 13.8 Å². The zero-order valence-corrected chi connectivity index (χ0v) is 20.5. The van der Waals surface area contributed by atoms with Crippen LogP contribution in [0.25, 0.3) is 0 Å². The van der Waals surface area contributed by atoms with Crippen LogP contribution in [0.2, 0.25) is 0 Å². The molecule has 0 aliphatic rings. The van der Waals surface area contributed by atoms with Crippen molar-refractivity contribution >= 4 is 31.6 Å². The van der Waals surface area contributed by atoms with Crippen LogP contribution >= 0.6 is 0 Å². The molecule has 0 saturated heterocycles. The Morgan fingerprint density at radius 3 is 2.03 bits per heavy atom. The molecule has 2 aromatic rings. The summed E-state index contributed by atoms with van der Waals surface area (Å²) in [6.45, 7) is 3.53. The Morgan fingerprint density at radius 1 is 0.969 bits per heavy atom. The zero-order valence-electron chi connectivity index (χ0n) is 18.8. The molecule has 0 aromatic heterocycles. The lowest BCUT2D eigenvalue weighted by Gasteiger charge is -2.25. The Morgan fingerprint density at radius 2 is 1.53 bits per heavy atom. The third kappa shape index (κ3) is 6.44. The highest BCUT2D eigenvalue weighted by Crippen LogP contribution is 2.26. The maximum atomic E-state index is 12.4. The molecule has 0 spiro atoms. The predicted molar refractivity (Wildman–Crippen MR) is 124 cm³/mol. The molecule has 1 N–H and O–H groups in total. The minimum atomic E-state index is -3.67. The summed E-state index contributed by atoms with van der Waals surface area (Å²) in [6.07, 6.45) is 1.06. The van der Waals surface area contributed by atoms with E-state index in [1.807, 2.05) is 6.07 Å². The molecule has 0 unspecified atom stereocenters. The number of aryl methyl sites for hydroxylation is 2. The van der Waals surface area contributed by atoms with E-state index in [0.717, 1.165) is 26.0 Å². The molecule has 0 atom stereocenters. The lowest BCUT2D eigenvalue weighted by molar-refractivity contribution is -0.119. The minimum absolute atomic E-state index is 0.133. The van der Waals surface area contributed by atoms with Gasteiger partial charge in [-0.2, -0.15) is 0 Å². The van der Waals surface area contributed by atoms with E-state index in [2.05, 4.69) is 5.32 Å². The average Bonchev–Trinajstić information content (AvgIpc) is 2.70. The smallest absolute Gasteiger partial charge is 0.242 e. The van der Waals surface area contributed by atoms with Crippen molar-refractivity contribution in [3.05, 3.63) is 53.6 Å². The molecule has 0 heterocycles. The summed E-state index contributed by atoms with van der Waals surface area (Å²) in [7, 11) is -4.28. The SMILES string of the molecule is Cc1cccc(C)c1N(CC(=O)NCCOc1ccc(S(=O)(=O)N(C)C)cc1)S(C)(=O)=O. The van der Waals surface area contributed by atoms with E-state index < -0.39 is 26.0 Å². The first-order valence-electron chi connectivity index (χ1n) is 9.80. The molecule has 176 valence electrons. The number of benzene rings is 2. The summed E-state index contributed by atoms with van der Waals surface area (Å²) < 4.78 is 56.5. The Balaban J connectivity index is 1.94. The Bertz CT molecular complexity index is 1140. The van der Waals surface area contributed by atoms with Crippen molar-refractivity contribution in [3.8, 4) is 5.75 Å². The average molecular weight is 484 g/mol. The maximum absolute atomic E-state index is 12.4. The van der Waals surface area contributed by atoms with Crippen molar-refractivity contribution in [2.45, 2.75) is 18.7 Å². The predicted octanol–water partition coefficient (Wildman–Crippen LogP) is 1.51. The molecule has 0 aliphatic heterocycles. The summed E-state index contributed by atoms with van der Waals surface area (Å²) in [6, 6.07) is 11.4. The number of ether oxygens (including phenoxy) is 1. The van der Waals surface area contributed by atoms with Gasteiger partial charge in [-0.15, -0.1) is 0 Å². The first-order chi connectivity index (χ1) is 14.8. The van der Waals surface area contributed by atoms with Crippen LogP contribution in [0.1, 0.15) is 11.1 Å². The number of nitrogens with zero attached hydrogens (tertiary/aromatic N) is 2. The second-order valence-electron chi connectivity index (χ2n) is 7.47. The van der Waals surface area contributed by atoms with Crippen LogP contribution in [-0.2, 0) is 24.8 Å². The molecule has 9 nitrogen and oxygen atoms in total. The Kier molecular flexibility index (Phi) is 8.27. The van der Waals surface area contributed by atoms with Gasteiger partial charge in [0.15, 0.2) is 0 Å². The molecule has 0 saturated carbocycles. The summed E-state index contributed by atoms with van der Waals surface area (Å²) in [5.74, 6) is -0.0145. The fraction of sp³-hybridized carbons (Fsp3) is 0.381. The number of hydrogen-bond acceptors (Lipinski definition) is 6. The summed E-state index contributed by atoms with van der Waals surface area (Å²) in [4.78, 5) is 12.5. The van der Waals surface area contributed by atoms with Gasteiger partial charge in [0.2, 0.25) is 26.0 Å². The van der Waals surface area contributed by atoms with E-state index >= 15 is 0 Å². The normalized spacial score (nSPS) is 11.9. The van der Waals surface area contributed by atoms with Gasteiger partial charge in [0.25, 0.3) is 0 Å². The van der Waals surface area contributed by atoms with Gasteiger partial charge in [0.05, 0.1) is 23.4 Å². The van der Waals surface area contributed by atoms with Gasteiger partial charge in [-0.05, 0) is 49.2 Å². The third-order valence-electron chi connectivity index (χ3n) is 4.67. The summed E-state index contributed by atoms with van der Waals surface area (Å²) >= 11 is 0. The molecule has 0 aliphatic carbocycles. The van der Waals surface area contributed by atoms with E-state index in [4.69, 9.17) is 4.74 Å². The van der Waals surface area contributed by atoms with Gasteiger partial charge in [-0.25, -0.2) is 21.1 Å². The van der Waals surface area contributed by atoms with Crippen LogP contribution in [0.5, 0.6) is 5.75 Å². The van der Waals surface area contributed by atoms with E-state index in [9.17, 15) is 21.6 Å². The molecule has 2 aromatic carbocycles. The number of sulfonamides is 2. The standard InChI is InChI=1S/C21H29N3O6S2/c1-16-7-6-8-17(2)21(16)24(31(5,26)27)15-20(25)22-13-14-30-18-9-11-19(12-10-18)32(28,29)23(3)4/h6-12H,13-15H2,1-5H3,(H,22,25). The highest BCUT2D eigenvalue weighted by atomic mass is 32.2. The van der Waals surface area contributed by atoms with E-state index in [1.54, 1.807) is 26.0 Å². The molecule has 0 radical (unpaired) electrons. The maximum Gasteiger partial charge on any atom is 0.242 e. The van der Waals surface area contributed by atoms with Crippen LogP contribution < -0.4 is 14.4 Å². The van der Waals surface area contributed by atoms with Crippen molar-refractivity contribution < 1.29 is 26.4 Å². The topological polar surface area (TPSA) is 113 Å². The number of carbonyl (C=O) groups is 1. The molecule has 2 rings (SSSR count). The van der Waals surface area contributed by atoms with Crippen LogP contribution in [0.15, 0.2) is 47.4 Å². The molecule has 32 heavy (non-hydrogen) atoms. The second-order valence-corrected chi connectivity index (χ2v) is 11.5. The first-order valence-corrected chi connectivity index (χ1v) is 13.1. The largest absolute Gasteiger partial charge is 0.492 e. The number of carbonyl (C=O) groups excluding carboxylic acids is 1. The summed E-state index contributed by atoms with van der Waals surface area (Å²) in [5.41, 5.74) is 2.01. The highest BCUT2D eigenvalue weighted by Gasteiger charge is 2.23. The quantitative estimate of drug-likeness (QED) is 0.513. The zero-order chi connectivity index (χ0) is 24.1. The van der Waals surface area contributed by atoms with Crippen molar-refractivity contribution in [1.82, 2.24) is 9.62 Å². The van der Waals surface area contributed by atoms with Crippen molar-refractivity contribution in [2.75, 3.05) is 44.4 Å². The Hall–Kier alpha value is -2.63. The van der Waals surface area contributed by atoms with Crippen LogP contribution in [0.3, 0.4) is 0 Å². The van der Waals surface area contributed by atoms with Crippen LogP contribution in [0.4, 0.5) is 5.69 Å². The molecular formula is C21H29N3O6S2. The second kappa shape index (κ2) is 10.3. The number of nitrogens with one attached hydrogen (secondary N) is 1. The number of anilines is 1. The van der Waals surface area contributed by atoms with E-state index in [0.29, 0.717) is 11.4 Å². The minimum Gasteiger partial charge on any atom is -0.492 e. The fourth-order valence-electron chi connectivity index (χ4n) is 3.03. The van der Waals surface area contributed by atoms with Gasteiger partial charge < -0.3 is 10.1 Å². The van der Waals surface area contributed by atoms with Gasteiger partial charge in [0.1, 0.15) is 18.9 Å². The first kappa shape index (κ1) is 25.6. The van der Waals surface area contributed by atoms with E-state index in [1.165, 1.54) is 38.4 Å².